The van der Waals surface area contributed by atoms with E-state index in [2.05, 4.69) is 137 Å². The lowest BCUT2D eigenvalue weighted by Gasteiger charge is -2.08. The fourth-order valence-corrected chi connectivity index (χ4v) is 8.89. The topological polar surface area (TPSA) is 22.8 Å². The summed E-state index contributed by atoms with van der Waals surface area (Å²) in [5.74, 6) is 0. The molecule has 0 fully saturated rings. The lowest BCUT2D eigenvalue weighted by atomic mass is 10.1. The number of rotatable bonds is 2. The molecular formula is C37H21N3S2. The van der Waals surface area contributed by atoms with E-state index < -0.39 is 0 Å². The van der Waals surface area contributed by atoms with Crippen molar-refractivity contribution >= 4 is 96.7 Å². The second kappa shape index (κ2) is 8.29. The van der Waals surface area contributed by atoms with E-state index >= 15 is 0 Å². The Kier molecular flexibility index (Phi) is 4.48. The highest BCUT2D eigenvalue weighted by molar-refractivity contribution is 7.26. The van der Waals surface area contributed by atoms with Crippen molar-refractivity contribution in [2.24, 2.45) is 0 Å². The fourth-order valence-electron chi connectivity index (χ4n) is 6.78. The molecule has 6 aromatic carbocycles. The zero-order valence-electron chi connectivity index (χ0n) is 22.3. The summed E-state index contributed by atoms with van der Waals surface area (Å²) >= 11 is 3.62. The molecule has 3 nitrogen and oxygen atoms in total. The third kappa shape index (κ3) is 2.96. The molecule has 0 aliphatic rings. The molecule has 0 atom stereocenters. The van der Waals surface area contributed by atoms with Gasteiger partial charge in [0.05, 0.1) is 32.3 Å². The normalized spacial score (nSPS) is 12.3. The third-order valence-electron chi connectivity index (χ3n) is 8.56. The van der Waals surface area contributed by atoms with Gasteiger partial charge in [0.15, 0.2) is 5.13 Å². The first-order chi connectivity index (χ1) is 20.8. The van der Waals surface area contributed by atoms with Crippen LogP contribution in [0.3, 0.4) is 0 Å². The molecule has 4 heterocycles. The summed E-state index contributed by atoms with van der Waals surface area (Å²) in [5.41, 5.74) is 7.03. The monoisotopic (exact) mass is 571 g/mol. The Hall–Kier alpha value is -4.97. The average molecular weight is 572 g/mol. The fraction of sp³-hybridized carbons (Fsp3) is 0. The predicted octanol–water partition coefficient (Wildman–Crippen LogP) is 10.9. The van der Waals surface area contributed by atoms with Gasteiger partial charge >= 0.3 is 0 Å². The van der Waals surface area contributed by atoms with E-state index in [1.54, 1.807) is 11.3 Å². The van der Waals surface area contributed by atoms with Crippen molar-refractivity contribution in [1.29, 1.82) is 0 Å². The molecule has 0 amide bonds. The molecule has 0 N–H and O–H groups in total. The number of fused-ring (bicyclic) bond motifs is 11. The van der Waals surface area contributed by atoms with Crippen molar-refractivity contribution in [3.8, 4) is 10.8 Å². The molecule has 0 bridgehead atoms. The molecule has 10 aromatic rings. The third-order valence-corrected chi connectivity index (χ3v) is 10.7. The van der Waals surface area contributed by atoms with Gasteiger partial charge in [-0.3, -0.25) is 4.57 Å². The average Bonchev–Trinajstić information content (AvgIpc) is 3.79. The van der Waals surface area contributed by atoms with Gasteiger partial charge in [-0.1, -0.05) is 84.1 Å². The van der Waals surface area contributed by atoms with E-state index in [9.17, 15) is 0 Å². The summed E-state index contributed by atoms with van der Waals surface area (Å²) in [7, 11) is 0. The molecule has 0 saturated heterocycles. The number of para-hydroxylation sites is 3. The Morgan fingerprint density at radius 3 is 1.83 bits per heavy atom. The highest BCUT2D eigenvalue weighted by Gasteiger charge is 2.20. The number of thiazole rings is 1. The summed E-state index contributed by atoms with van der Waals surface area (Å²) in [4.78, 5) is 5.39. The molecule has 0 aliphatic carbocycles. The Balaban J connectivity index is 1.35. The van der Waals surface area contributed by atoms with Crippen LogP contribution in [0.4, 0.5) is 0 Å². The van der Waals surface area contributed by atoms with E-state index in [4.69, 9.17) is 4.98 Å². The Morgan fingerprint density at radius 1 is 0.429 bits per heavy atom. The minimum Gasteiger partial charge on any atom is -0.309 e. The van der Waals surface area contributed by atoms with E-state index in [1.165, 1.54) is 68.5 Å². The highest BCUT2D eigenvalue weighted by atomic mass is 32.1. The van der Waals surface area contributed by atoms with Gasteiger partial charge in [0, 0.05) is 47.4 Å². The van der Waals surface area contributed by atoms with Crippen LogP contribution in [0.25, 0.3) is 84.8 Å². The first kappa shape index (κ1) is 22.7. The summed E-state index contributed by atoms with van der Waals surface area (Å²) < 4.78 is 8.58. The summed E-state index contributed by atoms with van der Waals surface area (Å²) in [6, 6.07) is 46.1. The summed E-state index contributed by atoms with van der Waals surface area (Å²) in [6.07, 6.45) is 0. The number of benzene rings is 6. The minimum atomic E-state index is 1.00. The van der Waals surface area contributed by atoms with Crippen molar-refractivity contribution in [2.75, 3.05) is 0 Å². The molecule has 0 saturated carbocycles. The van der Waals surface area contributed by atoms with Crippen LogP contribution in [0, 0.1) is 0 Å². The number of aromatic nitrogens is 3. The van der Waals surface area contributed by atoms with Crippen LogP contribution in [-0.2, 0) is 0 Å². The zero-order chi connectivity index (χ0) is 27.4. The second-order valence-electron chi connectivity index (χ2n) is 10.8. The Labute approximate surface area is 248 Å². The van der Waals surface area contributed by atoms with E-state index in [0.29, 0.717) is 0 Å². The van der Waals surface area contributed by atoms with Crippen LogP contribution in [0.15, 0.2) is 127 Å². The zero-order valence-corrected chi connectivity index (χ0v) is 23.9. The molecule has 0 spiro atoms. The maximum absolute atomic E-state index is 5.39. The lowest BCUT2D eigenvalue weighted by molar-refractivity contribution is 1.14. The van der Waals surface area contributed by atoms with Crippen LogP contribution in [-0.4, -0.2) is 14.1 Å². The van der Waals surface area contributed by atoms with Gasteiger partial charge < -0.3 is 4.57 Å². The van der Waals surface area contributed by atoms with Crippen molar-refractivity contribution < 1.29 is 0 Å². The number of hydrogen-bond donors (Lipinski definition) is 0. The lowest BCUT2D eigenvalue weighted by Crippen LogP contribution is -1.95. The largest absolute Gasteiger partial charge is 0.309 e. The maximum Gasteiger partial charge on any atom is 0.195 e. The van der Waals surface area contributed by atoms with Crippen LogP contribution in [0.1, 0.15) is 0 Å². The van der Waals surface area contributed by atoms with Gasteiger partial charge in [-0.15, -0.1) is 11.3 Å². The van der Waals surface area contributed by atoms with Crippen molar-refractivity contribution in [2.45, 2.75) is 0 Å². The molecular weight excluding hydrogens is 551 g/mol. The first-order valence-electron chi connectivity index (χ1n) is 14.1. The summed E-state index contributed by atoms with van der Waals surface area (Å²) in [5, 5.41) is 8.58. The minimum absolute atomic E-state index is 1.00. The molecule has 0 radical (unpaired) electrons. The smallest absolute Gasteiger partial charge is 0.195 e. The molecule has 4 aromatic heterocycles. The van der Waals surface area contributed by atoms with Gasteiger partial charge in [-0.05, 0) is 54.6 Å². The van der Waals surface area contributed by atoms with Gasteiger partial charge in [0.1, 0.15) is 0 Å². The quantitative estimate of drug-likeness (QED) is 0.202. The first-order valence-corrected chi connectivity index (χ1v) is 15.7. The van der Waals surface area contributed by atoms with Gasteiger partial charge in [0.25, 0.3) is 0 Å². The van der Waals surface area contributed by atoms with Gasteiger partial charge in [-0.25, -0.2) is 4.98 Å². The van der Waals surface area contributed by atoms with Crippen molar-refractivity contribution in [3.05, 3.63) is 127 Å². The summed E-state index contributed by atoms with van der Waals surface area (Å²) in [6.45, 7) is 0. The highest BCUT2D eigenvalue weighted by Crippen LogP contribution is 2.43. The second-order valence-corrected chi connectivity index (χ2v) is 12.9. The van der Waals surface area contributed by atoms with E-state index in [-0.39, 0.29) is 0 Å². The van der Waals surface area contributed by atoms with Crippen LogP contribution in [0.2, 0.25) is 0 Å². The maximum atomic E-state index is 5.39. The molecule has 196 valence electrons. The van der Waals surface area contributed by atoms with Crippen molar-refractivity contribution in [1.82, 2.24) is 14.1 Å². The number of nitrogens with zero attached hydrogens (tertiary/aromatic N) is 3. The molecule has 5 heteroatoms. The van der Waals surface area contributed by atoms with Gasteiger partial charge in [-0.2, -0.15) is 0 Å². The SMILES string of the molecule is c1ccc(-n2c3ccccc3c3cc4c5ccccc5n(-c5nc6c(ccc7sc8ccccc8c76)s5)c4cc32)cc1. The molecule has 0 aliphatic heterocycles. The Morgan fingerprint density at radius 2 is 1.05 bits per heavy atom. The van der Waals surface area contributed by atoms with Gasteiger partial charge in [0.2, 0.25) is 0 Å². The van der Waals surface area contributed by atoms with Crippen LogP contribution < -0.4 is 0 Å². The van der Waals surface area contributed by atoms with Crippen LogP contribution >= 0.6 is 22.7 Å². The number of thiophene rings is 1. The molecule has 42 heavy (non-hydrogen) atoms. The standard InChI is InChI=1S/C37H21N3S2/c1-2-10-22(11-3-1)39-28-15-7-4-12-23(28)26-20-27-24-13-5-8-16-29(24)40(31(27)21-30(26)39)37-38-36-34(42-37)19-18-33-35(36)25-14-6-9-17-32(25)41-33/h1-21H. The van der Waals surface area contributed by atoms with Crippen LogP contribution in [0.5, 0.6) is 0 Å². The van der Waals surface area contributed by atoms with E-state index in [0.717, 1.165) is 16.3 Å². The van der Waals surface area contributed by atoms with Crippen molar-refractivity contribution in [3.63, 3.8) is 0 Å². The Bertz CT molecular complexity index is 2690. The van der Waals surface area contributed by atoms with E-state index in [1.807, 2.05) is 11.3 Å². The predicted molar refractivity (Wildman–Crippen MR) is 181 cm³/mol. The molecule has 0 unspecified atom stereocenters. The number of hydrogen-bond acceptors (Lipinski definition) is 3. The molecule has 10 rings (SSSR count).